The highest BCUT2D eigenvalue weighted by Gasteiger charge is 2.13. The molecule has 0 saturated heterocycles. The van der Waals surface area contributed by atoms with E-state index < -0.39 is 5.82 Å². The second kappa shape index (κ2) is 4.53. The molecule has 0 aliphatic heterocycles. The largest absolute Gasteiger partial charge is 0.508 e. The summed E-state index contributed by atoms with van der Waals surface area (Å²) in [6, 6.07) is 12.6. The number of aromatic hydroxyl groups is 1. The van der Waals surface area contributed by atoms with E-state index in [2.05, 4.69) is 10.1 Å². The molecule has 1 heterocycles. The third-order valence-electron chi connectivity index (χ3n) is 2.63. The summed E-state index contributed by atoms with van der Waals surface area (Å²) in [5.41, 5.74) is 0.854. The Morgan fingerprint density at radius 1 is 1.05 bits per heavy atom. The van der Waals surface area contributed by atoms with E-state index in [1.807, 2.05) is 0 Å². The fourth-order valence-electron chi connectivity index (χ4n) is 1.73. The van der Waals surface area contributed by atoms with Gasteiger partial charge in [-0.15, -0.1) is 0 Å². The first kappa shape index (κ1) is 11.4. The molecule has 19 heavy (non-hydrogen) atoms. The molecule has 3 rings (SSSR count). The average Bonchev–Trinajstić information content (AvgIpc) is 2.89. The van der Waals surface area contributed by atoms with Crippen molar-refractivity contribution in [3.05, 3.63) is 54.3 Å². The lowest BCUT2D eigenvalue weighted by Gasteiger charge is -1.95. The highest BCUT2D eigenvalue weighted by molar-refractivity contribution is 5.61. The summed E-state index contributed by atoms with van der Waals surface area (Å²) < 4.78 is 18.7. The molecule has 0 fully saturated rings. The summed E-state index contributed by atoms with van der Waals surface area (Å²) in [5, 5.41) is 13.1. The summed E-state index contributed by atoms with van der Waals surface area (Å²) in [5.74, 6) is 0.0968. The van der Waals surface area contributed by atoms with Gasteiger partial charge in [0.15, 0.2) is 0 Å². The molecular formula is C14H9FN2O2. The topological polar surface area (TPSA) is 59.2 Å². The van der Waals surface area contributed by atoms with Crippen molar-refractivity contribution in [3.63, 3.8) is 0 Å². The van der Waals surface area contributed by atoms with Gasteiger partial charge in [-0.1, -0.05) is 23.4 Å². The molecule has 0 saturated carbocycles. The molecule has 0 spiro atoms. The molecule has 0 atom stereocenters. The van der Waals surface area contributed by atoms with Crippen LogP contribution in [0.2, 0.25) is 0 Å². The molecule has 0 aliphatic rings. The fourth-order valence-corrected chi connectivity index (χ4v) is 1.73. The van der Waals surface area contributed by atoms with Crippen molar-refractivity contribution >= 4 is 0 Å². The molecule has 0 amide bonds. The van der Waals surface area contributed by atoms with Crippen LogP contribution in [0.5, 0.6) is 5.75 Å². The van der Waals surface area contributed by atoms with Crippen LogP contribution >= 0.6 is 0 Å². The van der Waals surface area contributed by atoms with Gasteiger partial charge >= 0.3 is 0 Å². The Morgan fingerprint density at radius 3 is 2.68 bits per heavy atom. The number of phenolic OH excluding ortho intramolecular Hbond substituents is 1. The number of benzene rings is 2. The van der Waals surface area contributed by atoms with Crippen LogP contribution in [0.1, 0.15) is 0 Å². The Balaban J connectivity index is 2.03. The predicted molar refractivity (Wildman–Crippen MR) is 66.8 cm³/mol. The van der Waals surface area contributed by atoms with Crippen molar-refractivity contribution < 1.29 is 14.0 Å². The summed E-state index contributed by atoms with van der Waals surface area (Å²) in [6.07, 6.45) is 0. The Bertz CT molecular complexity index is 725. The molecular weight excluding hydrogens is 247 g/mol. The van der Waals surface area contributed by atoms with Gasteiger partial charge in [-0.3, -0.25) is 0 Å². The molecule has 0 aliphatic carbocycles. The van der Waals surface area contributed by atoms with E-state index in [9.17, 15) is 9.50 Å². The maximum absolute atomic E-state index is 13.6. The maximum Gasteiger partial charge on any atom is 0.258 e. The quantitative estimate of drug-likeness (QED) is 0.764. The van der Waals surface area contributed by atoms with Gasteiger partial charge in [0.05, 0.1) is 5.56 Å². The average molecular weight is 256 g/mol. The molecule has 3 aromatic rings. The van der Waals surface area contributed by atoms with Crippen LogP contribution in [0.25, 0.3) is 22.8 Å². The standard InChI is InChI=1S/C14H9FN2O2/c15-12-7-2-1-6-11(12)13-16-14(19-17-13)9-4-3-5-10(18)8-9/h1-8,18H. The van der Waals surface area contributed by atoms with Crippen molar-refractivity contribution in [2.75, 3.05) is 0 Å². The zero-order chi connectivity index (χ0) is 13.2. The van der Waals surface area contributed by atoms with Crippen molar-refractivity contribution in [1.82, 2.24) is 10.1 Å². The lowest BCUT2D eigenvalue weighted by Crippen LogP contribution is -1.85. The normalized spacial score (nSPS) is 10.6. The van der Waals surface area contributed by atoms with Crippen LogP contribution in [0, 0.1) is 5.82 Å². The van der Waals surface area contributed by atoms with Gasteiger partial charge in [0.1, 0.15) is 11.6 Å². The van der Waals surface area contributed by atoms with E-state index in [4.69, 9.17) is 4.52 Å². The van der Waals surface area contributed by atoms with Gasteiger partial charge in [0, 0.05) is 5.56 Å². The summed E-state index contributed by atoms with van der Waals surface area (Å²) >= 11 is 0. The number of hydrogen-bond acceptors (Lipinski definition) is 4. The van der Waals surface area contributed by atoms with Gasteiger partial charge < -0.3 is 9.63 Å². The Hall–Kier alpha value is -2.69. The van der Waals surface area contributed by atoms with E-state index in [1.54, 1.807) is 30.3 Å². The van der Waals surface area contributed by atoms with Crippen molar-refractivity contribution in [2.45, 2.75) is 0 Å². The zero-order valence-corrected chi connectivity index (χ0v) is 9.75. The van der Waals surface area contributed by atoms with E-state index in [-0.39, 0.29) is 23.0 Å². The van der Waals surface area contributed by atoms with E-state index in [1.165, 1.54) is 18.2 Å². The van der Waals surface area contributed by atoms with Crippen molar-refractivity contribution in [2.24, 2.45) is 0 Å². The lowest BCUT2D eigenvalue weighted by atomic mass is 10.2. The highest BCUT2D eigenvalue weighted by Crippen LogP contribution is 2.25. The smallest absolute Gasteiger partial charge is 0.258 e. The molecule has 5 heteroatoms. The van der Waals surface area contributed by atoms with Crippen LogP contribution in [0.15, 0.2) is 53.1 Å². The SMILES string of the molecule is Oc1cccc(-c2nc(-c3ccccc3F)no2)c1. The molecule has 94 valence electrons. The molecule has 0 bridgehead atoms. The van der Waals surface area contributed by atoms with Crippen molar-refractivity contribution in [1.29, 1.82) is 0 Å². The first-order valence-electron chi connectivity index (χ1n) is 5.62. The number of aromatic nitrogens is 2. The van der Waals surface area contributed by atoms with Crippen LogP contribution in [-0.2, 0) is 0 Å². The molecule has 1 N–H and O–H groups in total. The third kappa shape index (κ3) is 2.18. The molecule has 0 radical (unpaired) electrons. The van der Waals surface area contributed by atoms with E-state index in [0.29, 0.717) is 5.56 Å². The monoisotopic (exact) mass is 256 g/mol. The van der Waals surface area contributed by atoms with Crippen LogP contribution < -0.4 is 0 Å². The van der Waals surface area contributed by atoms with Crippen molar-refractivity contribution in [3.8, 4) is 28.6 Å². The Labute approximate surface area is 108 Å². The Kier molecular flexibility index (Phi) is 2.72. The van der Waals surface area contributed by atoms with Gasteiger partial charge in [-0.25, -0.2) is 4.39 Å². The number of rotatable bonds is 2. The number of nitrogens with zero attached hydrogens (tertiary/aromatic N) is 2. The summed E-state index contributed by atoms with van der Waals surface area (Å²) in [7, 11) is 0. The van der Waals surface area contributed by atoms with E-state index in [0.717, 1.165) is 0 Å². The predicted octanol–water partition coefficient (Wildman–Crippen LogP) is 3.25. The van der Waals surface area contributed by atoms with E-state index >= 15 is 0 Å². The van der Waals surface area contributed by atoms with Crippen LogP contribution in [0.4, 0.5) is 4.39 Å². The minimum Gasteiger partial charge on any atom is -0.508 e. The molecule has 1 aromatic heterocycles. The summed E-state index contributed by atoms with van der Waals surface area (Å²) in [6.45, 7) is 0. The number of phenols is 1. The molecule has 4 nitrogen and oxygen atoms in total. The zero-order valence-electron chi connectivity index (χ0n) is 9.75. The third-order valence-corrected chi connectivity index (χ3v) is 2.63. The first-order chi connectivity index (χ1) is 9.24. The maximum atomic E-state index is 13.6. The fraction of sp³-hybridized carbons (Fsp3) is 0. The van der Waals surface area contributed by atoms with Crippen LogP contribution in [-0.4, -0.2) is 15.2 Å². The van der Waals surface area contributed by atoms with Gasteiger partial charge in [0.2, 0.25) is 5.82 Å². The highest BCUT2D eigenvalue weighted by atomic mass is 19.1. The number of halogens is 1. The first-order valence-corrected chi connectivity index (χ1v) is 5.62. The summed E-state index contributed by atoms with van der Waals surface area (Å²) in [4.78, 5) is 4.12. The van der Waals surface area contributed by atoms with Gasteiger partial charge in [-0.05, 0) is 30.3 Å². The second-order valence-corrected chi connectivity index (χ2v) is 3.95. The number of hydrogen-bond donors (Lipinski definition) is 1. The lowest BCUT2D eigenvalue weighted by molar-refractivity contribution is 0.431. The second-order valence-electron chi connectivity index (χ2n) is 3.95. The van der Waals surface area contributed by atoms with Crippen LogP contribution in [0.3, 0.4) is 0 Å². The minimum absolute atomic E-state index is 0.100. The van der Waals surface area contributed by atoms with Gasteiger partial charge in [-0.2, -0.15) is 4.98 Å². The molecule has 0 unspecified atom stereocenters. The van der Waals surface area contributed by atoms with Gasteiger partial charge in [0.25, 0.3) is 5.89 Å². The molecule has 2 aromatic carbocycles. The minimum atomic E-state index is -0.411. The Morgan fingerprint density at radius 2 is 1.89 bits per heavy atom.